The first-order valence-electron chi connectivity index (χ1n) is 7.68. The molecule has 0 saturated heterocycles. The first kappa shape index (κ1) is 22.5. The van der Waals surface area contributed by atoms with Gasteiger partial charge in [-0.1, -0.05) is 31.2 Å². The number of aliphatic hydroxyl groups is 1. The second-order valence-electron chi connectivity index (χ2n) is 5.45. The highest BCUT2D eigenvalue weighted by Crippen LogP contribution is 2.50. The van der Waals surface area contributed by atoms with E-state index in [9.17, 15) is 5.11 Å². The molecule has 0 saturated carbocycles. The average Bonchev–Trinajstić information content (AvgIpc) is 2.65. The predicted molar refractivity (Wildman–Crippen MR) is 114 cm³/mol. The number of hydrogen-bond acceptors (Lipinski definition) is 6. The Morgan fingerprint density at radius 2 is 1.42 bits per heavy atom. The van der Waals surface area contributed by atoms with Gasteiger partial charge in [-0.2, -0.15) is 0 Å². The second-order valence-corrected chi connectivity index (χ2v) is 7.70. The Hall–Kier alpha value is -1.50. The van der Waals surface area contributed by atoms with Crippen molar-refractivity contribution in [3.8, 4) is 28.4 Å². The molecular formula is C20H28O4S2. The van der Waals surface area contributed by atoms with E-state index in [1.165, 1.54) is 23.5 Å². The summed E-state index contributed by atoms with van der Waals surface area (Å²) in [5, 5.41) is 11.1. The molecule has 0 fully saturated rings. The van der Waals surface area contributed by atoms with Crippen LogP contribution in [0.3, 0.4) is 0 Å². The standard InChI is InChI=1S/C19H24O4S2.CH4/c1-12-7-8-15(19(20,24-5)25-6)14(9-12)18-16(22-3)10-13(21-2)11-17(18)23-4;/h7-11,20H,1-6H3;1H4. The van der Waals surface area contributed by atoms with Crippen LogP contribution < -0.4 is 14.2 Å². The SMILES string of the molecule is C.COc1cc(OC)c(-c2cc(C)ccc2C(O)(SC)SC)c(OC)c1. The minimum absolute atomic E-state index is 0. The fourth-order valence-corrected chi connectivity index (χ4v) is 4.18. The monoisotopic (exact) mass is 396 g/mol. The molecule has 4 nitrogen and oxygen atoms in total. The van der Waals surface area contributed by atoms with Crippen LogP contribution in [0.25, 0.3) is 11.1 Å². The van der Waals surface area contributed by atoms with Crippen LogP contribution in [-0.2, 0) is 4.27 Å². The molecule has 0 atom stereocenters. The van der Waals surface area contributed by atoms with Gasteiger partial charge in [0.2, 0.25) is 0 Å². The van der Waals surface area contributed by atoms with Crippen LogP contribution in [-0.4, -0.2) is 38.9 Å². The minimum Gasteiger partial charge on any atom is -0.496 e. The molecule has 144 valence electrons. The van der Waals surface area contributed by atoms with Gasteiger partial charge in [-0.15, -0.1) is 23.5 Å². The number of aryl methyl sites for hydroxylation is 1. The molecule has 0 spiro atoms. The summed E-state index contributed by atoms with van der Waals surface area (Å²) >= 11 is 2.77. The fraction of sp³-hybridized carbons (Fsp3) is 0.400. The minimum atomic E-state index is -1.07. The Labute approximate surface area is 165 Å². The Balaban J connectivity index is 0.00000338. The van der Waals surface area contributed by atoms with Crippen molar-refractivity contribution in [3.63, 3.8) is 0 Å². The maximum absolute atomic E-state index is 11.1. The number of ether oxygens (including phenoxy) is 3. The maximum atomic E-state index is 11.1. The van der Waals surface area contributed by atoms with E-state index in [0.29, 0.717) is 17.2 Å². The summed E-state index contributed by atoms with van der Waals surface area (Å²) in [6.45, 7) is 2.02. The van der Waals surface area contributed by atoms with Crippen molar-refractivity contribution in [2.24, 2.45) is 0 Å². The van der Waals surface area contributed by atoms with Crippen molar-refractivity contribution in [2.45, 2.75) is 18.6 Å². The lowest BCUT2D eigenvalue weighted by atomic mass is 9.95. The Morgan fingerprint density at radius 1 is 0.885 bits per heavy atom. The zero-order valence-electron chi connectivity index (χ0n) is 15.4. The third-order valence-corrected chi connectivity index (χ3v) is 6.60. The molecule has 0 radical (unpaired) electrons. The normalized spacial score (nSPS) is 10.9. The van der Waals surface area contributed by atoms with Crippen molar-refractivity contribution in [1.82, 2.24) is 0 Å². The second kappa shape index (κ2) is 9.44. The molecule has 6 heteroatoms. The molecular weight excluding hydrogens is 368 g/mol. The summed E-state index contributed by atoms with van der Waals surface area (Å²) in [5.41, 5.74) is 3.57. The molecule has 0 heterocycles. The van der Waals surface area contributed by atoms with Crippen LogP contribution >= 0.6 is 23.5 Å². The third kappa shape index (κ3) is 4.24. The first-order valence-corrected chi connectivity index (χ1v) is 10.1. The average molecular weight is 397 g/mol. The van der Waals surface area contributed by atoms with E-state index in [1.54, 1.807) is 21.3 Å². The van der Waals surface area contributed by atoms with E-state index >= 15 is 0 Å². The van der Waals surface area contributed by atoms with E-state index in [4.69, 9.17) is 14.2 Å². The van der Waals surface area contributed by atoms with Crippen molar-refractivity contribution < 1.29 is 19.3 Å². The molecule has 0 amide bonds. The Morgan fingerprint density at radius 3 is 1.85 bits per heavy atom. The van der Waals surface area contributed by atoms with Crippen LogP contribution in [0.4, 0.5) is 0 Å². The van der Waals surface area contributed by atoms with Crippen LogP contribution in [0, 0.1) is 6.92 Å². The number of benzene rings is 2. The van der Waals surface area contributed by atoms with E-state index in [0.717, 1.165) is 22.3 Å². The van der Waals surface area contributed by atoms with Gasteiger partial charge < -0.3 is 19.3 Å². The topological polar surface area (TPSA) is 47.9 Å². The van der Waals surface area contributed by atoms with E-state index in [-0.39, 0.29) is 7.43 Å². The molecule has 0 bridgehead atoms. The molecule has 0 aromatic heterocycles. The molecule has 2 aromatic carbocycles. The molecule has 26 heavy (non-hydrogen) atoms. The van der Waals surface area contributed by atoms with Gasteiger partial charge in [-0.25, -0.2) is 0 Å². The van der Waals surface area contributed by atoms with Gasteiger partial charge in [0, 0.05) is 17.7 Å². The molecule has 0 aliphatic rings. The maximum Gasteiger partial charge on any atom is 0.183 e. The van der Waals surface area contributed by atoms with Crippen LogP contribution in [0.1, 0.15) is 18.6 Å². The van der Waals surface area contributed by atoms with Gasteiger partial charge in [0.25, 0.3) is 0 Å². The summed E-state index contributed by atoms with van der Waals surface area (Å²) in [4.78, 5) is 0. The van der Waals surface area contributed by atoms with E-state index in [1.807, 2.05) is 49.8 Å². The highest BCUT2D eigenvalue weighted by molar-refractivity contribution is 8.16. The fourth-order valence-electron chi connectivity index (χ4n) is 2.71. The third-order valence-electron chi connectivity index (χ3n) is 4.05. The van der Waals surface area contributed by atoms with Crippen molar-refractivity contribution in [3.05, 3.63) is 41.5 Å². The van der Waals surface area contributed by atoms with Gasteiger partial charge in [0.05, 0.1) is 26.9 Å². The Kier molecular flexibility index (Phi) is 8.18. The summed E-state index contributed by atoms with van der Waals surface area (Å²) < 4.78 is 15.5. The number of rotatable bonds is 7. The number of hydrogen-bond donors (Lipinski definition) is 1. The van der Waals surface area contributed by atoms with Gasteiger partial charge in [0.15, 0.2) is 4.27 Å². The van der Waals surface area contributed by atoms with E-state index in [2.05, 4.69) is 0 Å². The molecule has 2 rings (SSSR count). The zero-order valence-corrected chi connectivity index (χ0v) is 17.0. The summed E-state index contributed by atoms with van der Waals surface area (Å²) in [5.74, 6) is 1.91. The van der Waals surface area contributed by atoms with Crippen LogP contribution in [0.15, 0.2) is 30.3 Å². The highest BCUT2D eigenvalue weighted by Gasteiger charge is 2.32. The van der Waals surface area contributed by atoms with Gasteiger partial charge >= 0.3 is 0 Å². The van der Waals surface area contributed by atoms with Crippen LogP contribution in [0.2, 0.25) is 0 Å². The quantitative estimate of drug-likeness (QED) is 0.653. The van der Waals surface area contributed by atoms with Gasteiger partial charge in [-0.05, 0) is 25.0 Å². The smallest absolute Gasteiger partial charge is 0.183 e. The largest absolute Gasteiger partial charge is 0.496 e. The van der Waals surface area contributed by atoms with Gasteiger partial charge in [-0.3, -0.25) is 0 Å². The Bertz CT molecular complexity index is 718. The summed E-state index contributed by atoms with van der Waals surface area (Å²) in [7, 11) is 4.83. The predicted octanol–water partition coefficient (Wildman–Crippen LogP) is 5.15. The lowest BCUT2D eigenvalue weighted by Gasteiger charge is -2.28. The van der Waals surface area contributed by atoms with Crippen molar-refractivity contribution in [2.75, 3.05) is 33.8 Å². The van der Waals surface area contributed by atoms with Gasteiger partial charge in [0.1, 0.15) is 17.2 Å². The molecule has 0 aliphatic carbocycles. The highest BCUT2D eigenvalue weighted by atomic mass is 32.2. The van der Waals surface area contributed by atoms with Crippen molar-refractivity contribution in [1.29, 1.82) is 0 Å². The van der Waals surface area contributed by atoms with Crippen LogP contribution in [0.5, 0.6) is 17.2 Å². The lowest BCUT2D eigenvalue weighted by molar-refractivity contribution is 0.236. The molecule has 0 aliphatic heterocycles. The lowest BCUT2D eigenvalue weighted by Crippen LogP contribution is -2.17. The summed E-state index contributed by atoms with van der Waals surface area (Å²) in [6.07, 6.45) is 3.78. The molecule has 2 aromatic rings. The van der Waals surface area contributed by atoms with E-state index < -0.39 is 4.27 Å². The molecule has 0 unspecified atom stereocenters. The first-order chi connectivity index (χ1) is 11.9. The van der Waals surface area contributed by atoms with Crippen molar-refractivity contribution >= 4 is 23.5 Å². The molecule has 1 N–H and O–H groups in total. The summed E-state index contributed by atoms with van der Waals surface area (Å²) in [6, 6.07) is 9.64. The zero-order chi connectivity index (χ0) is 18.6. The number of thioether (sulfide) groups is 2. The number of methoxy groups -OCH3 is 3.